The molecule has 0 fully saturated rings. The summed E-state index contributed by atoms with van der Waals surface area (Å²) in [6.07, 6.45) is 0. The second kappa shape index (κ2) is 9.38. The molecule has 1 unspecified atom stereocenters. The van der Waals surface area contributed by atoms with Crippen molar-refractivity contribution >= 4 is 17.7 Å². The fourth-order valence-electron chi connectivity index (χ4n) is 3.63. The van der Waals surface area contributed by atoms with E-state index in [1.165, 1.54) is 11.8 Å². The topological polar surface area (TPSA) is 78.3 Å². The Morgan fingerprint density at radius 3 is 2.52 bits per heavy atom. The number of carbonyl (C=O) groups excluding carboxylic acids is 1. The SMILES string of the molecule is CC(NC(=O)CSc1nnc(-c2ccc3c(c2)OCO3)n1-c1ccccc1)c1ccccc1. The van der Waals surface area contributed by atoms with Gasteiger partial charge >= 0.3 is 0 Å². The number of hydrogen-bond acceptors (Lipinski definition) is 6. The first-order valence-corrected chi connectivity index (χ1v) is 11.6. The van der Waals surface area contributed by atoms with E-state index in [2.05, 4.69) is 15.5 Å². The molecule has 1 N–H and O–H groups in total. The van der Waals surface area contributed by atoms with Crippen LogP contribution in [0.2, 0.25) is 0 Å². The second-order valence-corrected chi connectivity index (χ2v) is 8.48. The molecule has 0 bridgehead atoms. The van der Waals surface area contributed by atoms with E-state index in [4.69, 9.17) is 9.47 Å². The summed E-state index contributed by atoms with van der Waals surface area (Å²) in [7, 11) is 0. The van der Waals surface area contributed by atoms with E-state index in [9.17, 15) is 4.79 Å². The Hall–Kier alpha value is -3.78. The molecule has 2 heterocycles. The molecule has 0 saturated heterocycles. The zero-order valence-corrected chi connectivity index (χ0v) is 18.8. The monoisotopic (exact) mass is 458 g/mol. The van der Waals surface area contributed by atoms with E-state index >= 15 is 0 Å². The fraction of sp³-hybridized carbons (Fsp3) is 0.160. The van der Waals surface area contributed by atoms with Crippen molar-refractivity contribution in [3.63, 3.8) is 0 Å². The number of hydrogen-bond donors (Lipinski definition) is 1. The standard InChI is InChI=1S/C25H22N4O3S/c1-17(18-8-4-2-5-9-18)26-23(30)15-33-25-28-27-24(29(25)20-10-6-3-7-11-20)19-12-13-21-22(14-19)32-16-31-21/h2-14,17H,15-16H2,1H3,(H,26,30). The number of amides is 1. The lowest BCUT2D eigenvalue weighted by molar-refractivity contribution is -0.119. The Kier molecular flexibility index (Phi) is 5.99. The number of benzene rings is 3. The second-order valence-electron chi connectivity index (χ2n) is 7.53. The fourth-order valence-corrected chi connectivity index (χ4v) is 4.40. The molecule has 0 radical (unpaired) electrons. The summed E-state index contributed by atoms with van der Waals surface area (Å²) in [4.78, 5) is 12.6. The number of aromatic nitrogens is 3. The van der Waals surface area contributed by atoms with Gasteiger partial charge in [0.2, 0.25) is 12.7 Å². The van der Waals surface area contributed by atoms with Crippen molar-refractivity contribution in [2.24, 2.45) is 0 Å². The summed E-state index contributed by atoms with van der Waals surface area (Å²) in [6.45, 7) is 2.18. The number of nitrogens with zero attached hydrogens (tertiary/aromatic N) is 3. The minimum absolute atomic E-state index is 0.0661. The average Bonchev–Trinajstić information content (AvgIpc) is 3.50. The lowest BCUT2D eigenvalue weighted by Gasteiger charge is -2.14. The molecule has 0 aliphatic carbocycles. The molecule has 4 aromatic rings. The summed E-state index contributed by atoms with van der Waals surface area (Å²) in [6, 6.07) is 25.4. The van der Waals surface area contributed by atoms with Crippen LogP contribution in [0.25, 0.3) is 17.1 Å². The van der Waals surface area contributed by atoms with Crippen LogP contribution in [0.15, 0.2) is 84.0 Å². The van der Waals surface area contributed by atoms with Crippen LogP contribution in [0.4, 0.5) is 0 Å². The maximum absolute atomic E-state index is 12.6. The zero-order valence-electron chi connectivity index (χ0n) is 18.0. The molecule has 7 nitrogen and oxygen atoms in total. The Morgan fingerprint density at radius 2 is 1.73 bits per heavy atom. The quantitative estimate of drug-likeness (QED) is 0.407. The summed E-state index contributed by atoms with van der Waals surface area (Å²) >= 11 is 1.35. The smallest absolute Gasteiger partial charge is 0.231 e. The number of rotatable bonds is 7. The largest absolute Gasteiger partial charge is 0.454 e. The van der Waals surface area contributed by atoms with Crippen LogP contribution in [-0.2, 0) is 4.79 Å². The van der Waals surface area contributed by atoms with Gasteiger partial charge in [0.1, 0.15) is 0 Å². The van der Waals surface area contributed by atoms with Gasteiger partial charge in [-0.1, -0.05) is 60.3 Å². The predicted octanol–water partition coefficient (Wildman–Crippen LogP) is 4.63. The normalized spacial score (nSPS) is 13.0. The Balaban J connectivity index is 1.38. The molecule has 5 rings (SSSR count). The van der Waals surface area contributed by atoms with Crippen LogP contribution < -0.4 is 14.8 Å². The van der Waals surface area contributed by atoms with Crippen molar-refractivity contribution in [1.82, 2.24) is 20.1 Å². The summed E-state index contributed by atoms with van der Waals surface area (Å²) < 4.78 is 12.9. The van der Waals surface area contributed by atoms with Crippen molar-refractivity contribution < 1.29 is 14.3 Å². The van der Waals surface area contributed by atoms with Gasteiger partial charge in [-0.2, -0.15) is 0 Å². The highest BCUT2D eigenvalue weighted by molar-refractivity contribution is 7.99. The summed E-state index contributed by atoms with van der Waals surface area (Å²) in [5.74, 6) is 2.22. The van der Waals surface area contributed by atoms with Crippen molar-refractivity contribution in [3.05, 3.63) is 84.4 Å². The molecule has 1 aromatic heterocycles. The third-order valence-corrected chi connectivity index (χ3v) is 6.22. The Morgan fingerprint density at radius 1 is 1.00 bits per heavy atom. The van der Waals surface area contributed by atoms with Gasteiger partial charge in [-0.05, 0) is 42.8 Å². The summed E-state index contributed by atoms with van der Waals surface area (Å²) in [5.41, 5.74) is 2.83. The number of nitrogens with one attached hydrogen (secondary N) is 1. The highest BCUT2D eigenvalue weighted by Crippen LogP contribution is 2.37. The molecule has 0 spiro atoms. The van der Waals surface area contributed by atoms with Crippen LogP contribution in [0, 0.1) is 0 Å². The molecule has 1 amide bonds. The van der Waals surface area contributed by atoms with E-state index < -0.39 is 0 Å². The molecular formula is C25H22N4O3S. The van der Waals surface area contributed by atoms with E-state index in [0.29, 0.717) is 22.5 Å². The van der Waals surface area contributed by atoms with Crippen molar-refractivity contribution in [3.8, 4) is 28.6 Å². The van der Waals surface area contributed by atoms with Gasteiger partial charge in [-0.3, -0.25) is 9.36 Å². The lowest BCUT2D eigenvalue weighted by Crippen LogP contribution is -2.28. The Labute approximate surface area is 195 Å². The number of para-hydroxylation sites is 1. The molecule has 1 atom stereocenters. The van der Waals surface area contributed by atoms with Crippen LogP contribution >= 0.6 is 11.8 Å². The van der Waals surface area contributed by atoms with Crippen LogP contribution in [0.5, 0.6) is 11.5 Å². The molecule has 8 heteroatoms. The maximum atomic E-state index is 12.6. The van der Waals surface area contributed by atoms with Gasteiger partial charge in [0.25, 0.3) is 0 Å². The molecule has 3 aromatic carbocycles. The van der Waals surface area contributed by atoms with Gasteiger partial charge in [-0.15, -0.1) is 10.2 Å². The van der Waals surface area contributed by atoms with Gasteiger partial charge in [0.15, 0.2) is 22.5 Å². The van der Waals surface area contributed by atoms with Crippen molar-refractivity contribution in [2.45, 2.75) is 18.1 Å². The highest BCUT2D eigenvalue weighted by Gasteiger charge is 2.21. The molecule has 1 aliphatic heterocycles. The van der Waals surface area contributed by atoms with Crippen LogP contribution in [0.1, 0.15) is 18.5 Å². The van der Waals surface area contributed by atoms with Crippen LogP contribution in [-0.4, -0.2) is 33.2 Å². The zero-order chi connectivity index (χ0) is 22.6. The van der Waals surface area contributed by atoms with E-state index in [1.807, 2.05) is 90.4 Å². The van der Waals surface area contributed by atoms with Gasteiger partial charge in [0.05, 0.1) is 11.8 Å². The van der Waals surface area contributed by atoms with Gasteiger partial charge in [-0.25, -0.2) is 0 Å². The highest BCUT2D eigenvalue weighted by atomic mass is 32.2. The minimum Gasteiger partial charge on any atom is -0.454 e. The van der Waals surface area contributed by atoms with E-state index in [-0.39, 0.29) is 24.5 Å². The number of carbonyl (C=O) groups is 1. The van der Waals surface area contributed by atoms with Crippen molar-refractivity contribution in [2.75, 3.05) is 12.5 Å². The first kappa shape index (κ1) is 21.1. The van der Waals surface area contributed by atoms with Crippen LogP contribution in [0.3, 0.4) is 0 Å². The lowest BCUT2D eigenvalue weighted by atomic mass is 10.1. The minimum atomic E-state index is -0.0736. The molecular weight excluding hydrogens is 436 g/mol. The Bertz CT molecular complexity index is 1260. The predicted molar refractivity (Wildman–Crippen MR) is 127 cm³/mol. The van der Waals surface area contributed by atoms with E-state index in [0.717, 1.165) is 16.8 Å². The van der Waals surface area contributed by atoms with E-state index in [1.54, 1.807) is 0 Å². The molecule has 0 saturated carbocycles. The average molecular weight is 459 g/mol. The third kappa shape index (κ3) is 4.56. The van der Waals surface area contributed by atoms with Gasteiger partial charge in [0, 0.05) is 11.3 Å². The number of thioether (sulfide) groups is 1. The molecule has 166 valence electrons. The number of ether oxygens (including phenoxy) is 2. The van der Waals surface area contributed by atoms with Crippen molar-refractivity contribution in [1.29, 1.82) is 0 Å². The molecule has 1 aliphatic rings. The number of fused-ring (bicyclic) bond motifs is 1. The van der Waals surface area contributed by atoms with Gasteiger partial charge < -0.3 is 14.8 Å². The summed E-state index contributed by atoms with van der Waals surface area (Å²) in [5, 5.41) is 12.5. The first-order valence-electron chi connectivity index (χ1n) is 10.6. The maximum Gasteiger partial charge on any atom is 0.231 e. The first-order chi connectivity index (χ1) is 16.2. The molecule has 33 heavy (non-hydrogen) atoms. The third-order valence-electron chi connectivity index (χ3n) is 5.29.